The summed E-state index contributed by atoms with van der Waals surface area (Å²) in [5.41, 5.74) is 22.3. The summed E-state index contributed by atoms with van der Waals surface area (Å²) in [4.78, 5) is 92.5. The largest absolute Gasteiger partial charge is 0.368 e. The van der Waals surface area contributed by atoms with Crippen molar-refractivity contribution in [1.29, 1.82) is 0 Å². The van der Waals surface area contributed by atoms with E-state index in [1.54, 1.807) is 14.7 Å². The second-order valence-corrected chi connectivity index (χ2v) is 19.0. The third-order valence-corrected chi connectivity index (χ3v) is 13.6. The predicted molar refractivity (Wildman–Crippen MR) is 280 cm³/mol. The fourth-order valence-corrected chi connectivity index (χ4v) is 9.31. The minimum absolute atomic E-state index is 0.0129. The molecule has 1 fully saturated rings. The summed E-state index contributed by atoms with van der Waals surface area (Å²) < 4.78 is 0. The van der Waals surface area contributed by atoms with Crippen LogP contribution in [0.3, 0.4) is 0 Å². The van der Waals surface area contributed by atoms with E-state index in [0.29, 0.717) is 58.0 Å². The Bertz CT molecular complexity index is 2170. The Hall–Kier alpha value is -6.16. The molecular formula is C56H79N9O6. The smallest absolute Gasteiger partial charge is 0.242 e. The number of nitrogens with one attached hydrogen (secondary N) is 1. The van der Waals surface area contributed by atoms with E-state index in [1.165, 1.54) is 9.80 Å². The zero-order chi connectivity index (χ0) is 51.0. The van der Waals surface area contributed by atoms with Crippen LogP contribution in [0.1, 0.15) is 99.3 Å². The summed E-state index contributed by atoms with van der Waals surface area (Å²) in [5, 5.41) is 3.39. The Balaban J connectivity index is 1.46. The van der Waals surface area contributed by atoms with Crippen molar-refractivity contribution in [3.8, 4) is 0 Å². The van der Waals surface area contributed by atoms with Gasteiger partial charge in [-0.05, 0) is 107 Å². The molecule has 7 N–H and O–H groups in total. The first-order chi connectivity index (χ1) is 34.4. The van der Waals surface area contributed by atoms with Crippen molar-refractivity contribution in [3.05, 3.63) is 131 Å². The van der Waals surface area contributed by atoms with E-state index in [9.17, 15) is 19.2 Å². The summed E-state index contributed by atoms with van der Waals surface area (Å²) >= 11 is 0. The SMILES string of the molecule is Cc1ccc(CCN(CC(=O)N(CC(=O)N(CC(=O)N(CCCCN)CC(=O)N(CCCCN)CC(N)=O)C2CCCC2)CC(c2ccccc2)c2ccccc2)C(=O)CNC(C)C2=CCCC=C2)cc1. The zero-order valence-corrected chi connectivity index (χ0v) is 42.2. The molecule has 1 atom stereocenters. The van der Waals surface area contributed by atoms with Crippen molar-refractivity contribution >= 4 is 35.4 Å². The topological polar surface area (TPSA) is 209 Å². The molecule has 1 unspecified atom stereocenters. The Morgan fingerprint density at radius 2 is 1.15 bits per heavy atom. The second-order valence-electron chi connectivity index (χ2n) is 19.0. The molecule has 3 aromatic rings. The lowest BCUT2D eigenvalue weighted by atomic mass is 9.90. The first kappa shape index (κ1) is 55.8. The van der Waals surface area contributed by atoms with Crippen LogP contribution in [0.15, 0.2) is 109 Å². The van der Waals surface area contributed by atoms with Gasteiger partial charge in [-0.25, -0.2) is 0 Å². The minimum atomic E-state index is -0.666. The molecule has 15 heteroatoms. The Morgan fingerprint density at radius 1 is 0.620 bits per heavy atom. The first-order valence-electron chi connectivity index (χ1n) is 25.7. The van der Waals surface area contributed by atoms with Crippen LogP contribution in [0.25, 0.3) is 0 Å². The highest BCUT2D eigenvalue weighted by Crippen LogP contribution is 2.28. The van der Waals surface area contributed by atoms with Gasteiger partial charge in [-0.1, -0.05) is 122 Å². The lowest BCUT2D eigenvalue weighted by Gasteiger charge is -2.35. The molecule has 0 bridgehead atoms. The van der Waals surface area contributed by atoms with Gasteiger partial charge in [-0.2, -0.15) is 0 Å². The van der Waals surface area contributed by atoms with Crippen LogP contribution in [-0.2, 0) is 35.2 Å². The van der Waals surface area contributed by atoms with Gasteiger partial charge < -0.3 is 47.0 Å². The van der Waals surface area contributed by atoms with Crippen molar-refractivity contribution in [2.45, 2.75) is 102 Å². The molecule has 1 saturated carbocycles. The number of nitrogens with zero attached hydrogens (tertiary/aromatic N) is 5. The number of primary amides is 1. The van der Waals surface area contributed by atoms with Gasteiger partial charge in [-0.15, -0.1) is 0 Å². The van der Waals surface area contributed by atoms with Crippen molar-refractivity contribution in [3.63, 3.8) is 0 Å². The van der Waals surface area contributed by atoms with Gasteiger partial charge in [-0.3, -0.25) is 28.8 Å². The third-order valence-electron chi connectivity index (χ3n) is 13.6. The van der Waals surface area contributed by atoms with Gasteiger partial charge in [0.1, 0.15) is 6.54 Å². The number of hydrogen-bond acceptors (Lipinski definition) is 9. The molecule has 384 valence electrons. The van der Waals surface area contributed by atoms with Gasteiger partial charge in [0.25, 0.3) is 0 Å². The Morgan fingerprint density at radius 3 is 1.70 bits per heavy atom. The molecule has 0 radical (unpaired) electrons. The predicted octanol–water partition coefficient (Wildman–Crippen LogP) is 4.67. The van der Waals surface area contributed by atoms with Crippen LogP contribution >= 0.6 is 0 Å². The number of aryl methyl sites for hydroxylation is 1. The fraction of sp³-hybridized carbons (Fsp3) is 0.500. The molecule has 2 aliphatic rings. The molecule has 5 rings (SSSR count). The highest BCUT2D eigenvalue weighted by Gasteiger charge is 2.34. The molecule has 0 aromatic heterocycles. The number of benzene rings is 3. The summed E-state index contributed by atoms with van der Waals surface area (Å²) in [6.45, 7) is 4.26. The van der Waals surface area contributed by atoms with E-state index in [-0.39, 0.29) is 89.4 Å². The average Bonchev–Trinajstić information content (AvgIpc) is 3.92. The van der Waals surface area contributed by atoms with Crippen LogP contribution in [0.2, 0.25) is 0 Å². The van der Waals surface area contributed by atoms with Gasteiger partial charge >= 0.3 is 0 Å². The maximum atomic E-state index is 15.2. The van der Waals surface area contributed by atoms with Gasteiger partial charge in [0.2, 0.25) is 35.4 Å². The number of carbonyl (C=O) groups excluding carboxylic acids is 6. The highest BCUT2D eigenvalue weighted by atomic mass is 16.2. The van der Waals surface area contributed by atoms with E-state index in [0.717, 1.165) is 53.5 Å². The lowest BCUT2D eigenvalue weighted by Crippen LogP contribution is -2.54. The molecule has 0 saturated heterocycles. The number of nitrogens with two attached hydrogens (primary N) is 3. The van der Waals surface area contributed by atoms with Crippen molar-refractivity contribution in [2.75, 3.05) is 78.5 Å². The van der Waals surface area contributed by atoms with E-state index in [4.69, 9.17) is 17.2 Å². The number of amides is 6. The molecule has 0 spiro atoms. The number of rotatable bonds is 30. The van der Waals surface area contributed by atoms with Crippen LogP contribution in [0, 0.1) is 6.92 Å². The average molecular weight is 974 g/mol. The maximum Gasteiger partial charge on any atom is 0.242 e. The summed E-state index contributed by atoms with van der Waals surface area (Å²) in [7, 11) is 0. The normalized spacial score (nSPS) is 13.9. The second kappa shape index (κ2) is 29.9. The number of unbranched alkanes of at least 4 members (excludes halogenated alkanes) is 2. The highest BCUT2D eigenvalue weighted by molar-refractivity contribution is 5.92. The quantitative estimate of drug-likeness (QED) is 0.0684. The third kappa shape index (κ3) is 18.5. The maximum absolute atomic E-state index is 15.2. The molecule has 2 aliphatic carbocycles. The van der Waals surface area contributed by atoms with Crippen LogP contribution in [-0.4, -0.2) is 151 Å². The minimum Gasteiger partial charge on any atom is -0.368 e. The molecule has 71 heavy (non-hydrogen) atoms. The standard InChI is InChI=1S/C56H79N9O6/c1-43-26-28-45(29-27-43)30-35-63(52(67)36-60-44(2)46-18-6-3-7-19-46)40-54(69)64(37-50(47-20-8-4-9-21-47)48-22-10-5-11-23-48)41-56(71)65(49-24-12-13-25-49)42-55(70)62(34-17-15-32-58)39-53(68)61(38-51(59)66)33-16-14-31-57/h4-6,8-11,18-23,26-29,44,49-50,60H,3,7,12-17,24-25,30-42,57-58H2,1-2H3,(H2,59,66). The van der Waals surface area contributed by atoms with Crippen LogP contribution in [0.4, 0.5) is 0 Å². The molecule has 6 amide bonds. The molecule has 3 aromatic carbocycles. The van der Waals surface area contributed by atoms with Gasteiger partial charge in [0.05, 0.1) is 32.7 Å². The Kier molecular flexibility index (Phi) is 23.5. The number of carbonyl (C=O) groups is 6. The fourth-order valence-electron chi connectivity index (χ4n) is 9.31. The molecule has 0 heterocycles. The Labute approximate surface area is 421 Å². The van der Waals surface area contributed by atoms with Crippen molar-refractivity contribution in [1.82, 2.24) is 29.8 Å². The lowest BCUT2D eigenvalue weighted by molar-refractivity contribution is -0.148. The van der Waals surface area contributed by atoms with Crippen molar-refractivity contribution < 1.29 is 28.8 Å². The van der Waals surface area contributed by atoms with E-state index in [1.807, 2.05) is 98.8 Å². The van der Waals surface area contributed by atoms with E-state index >= 15 is 9.59 Å². The molecular weight excluding hydrogens is 895 g/mol. The van der Waals surface area contributed by atoms with Gasteiger partial charge in [0, 0.05) is 44.2 Å². The van der Waals surface area contributed by atoms with Crippen LogP contribution in [0.5, 0.6) is 0 Å². The van der Waals surface area contributed by atoms with E-state index in [2.05, 4.69) is 23.5 Å². The summed E-state index contributed by atoms with van der Waals surface area (Å²) in [6.07, 6.45) is 14.3. The molecule has 15 nitrogen and oxygen atoms in total. The van der Waals surface area contributed by atoms with E-state index < -0.39 is 29.5 Å². The van der Waals surface area contributed by atoms with Gasteiger partial charge in [0.15, 0.2) is 0 Å². The number of hydrogen-bond donors (Lipinski definition) is 4. The van der Waals surface area contributed by atoms with Crippen molar-refractivity contribution in [2.24, 2.45) is 17.2 Å². The number of allylic oxidation sites excluding steroid dienone is 2. The van der Waals surface area contributed by atoms with Crippen LogP contribution < -0.4 is 22.5 Å². The molecule has 0 aliphatic heterocycles. The summed E-state index contributed by atoms with van der Waals surface area (Å²) in [5.74, 6) is -2.87. The zero-order valence-electron chi connectivity index (χ0n) is 42.2. The first-order valence-corrected chi connectivity index (χ1v) is 25.7. The monoisotopic (exact) mass is 974 g/mol. The summed E-state index contributed by atoms with van der Waals surface area (Å²) in [6, 6.07) is 27.5.